The molecular weight excluding hydrogens is 256 g/mol. The number of piperazine rings is 1. The Hall–Kier alpha value is -1.54. The number of fused-ring (bicyclic) bond motifs is 1. The van der Waals surface area contributed by atoms with Gasteiger partial charge < -0.3 is 4.90 Å². The van der Waals surface area contributed by atoms with Crippen LogP contribution in [0.25, 0.3) is 6.08 Å². The Kier molecular flexibility index (Phi) is 4.16. The van der Waals surface area contributed by atoms with Gasteiger partial charge in [0.05, 0.1) is 0 Å². The van der Waals surface area contributed by atoms with Gasteiger partial charge in [0.2, 0.25) is 0 Å². The fourth-order valence-corrected chi connectivity index (χ4v) is 3.36. The molecular formula is C19H26N2. The van der Waals surface area contributed by atoms with E-state index in [0.717, 1.165) is 45.6 Å². The van der Waals surface area contributed by atoms with Gasteiger partial charge in [-0.3, -0.25) is 4.90 Å². The third-order valence-electron chi connectivity index (χ3n) is 4.73. The van der Waals surface area contributed by atoms with Gasteiger partial charge in [-0.2, -0.15) is 0 Å². The van der Waals surface area contributed by atoms with Crippen molar-refractivity contribution in [3.63, 3.8) is 0 Å². The molecule has 0 bridgehead atoms. The maximum absolute atomic E-state index is 4.16. The zero-order chi connectivity index (χ0) is 14.8. The fourth-order valence-electron chi connectivity index (χ4n) is 3.36. The van der Waals surface area contributed by atoms with Crippen molar-refractivity contribution in [3.8, 4) is 0 Å². The zero-order valence-corrected chi connectivity index (χ0v) is 13.4. The second-order valence-corrected chi connectivity index (χ2v) is 6.36. The Labute approximate surface area is 128 Å². The Morgan fingerprint density at radius 3 is 2.67 bits per heavy atom. The molecule has 0 aromatic heterocycles. The molecule has 0 radical (unpaired) electrons. The van der Waals surface area contributed by atoms with E-state index in [2.05, 4.69) is 54.5 Å². The van der Waals surface area contributed by atoms with Crippen LogP contribution in [0.4, 0.5) is 0 Å². The molecule has 21 heavy (non-hydrogen) atoms. The summed E-state index contributed by atoms with van der Waals surface area (Å²) in [5.74, 6) is 0. The van der Waals surface area contributed by atoms with Gasteiger partial charge in [-0.1, -0.05) is 48.9 Å². The largest absolute Gasteiger partial charge is 0.373 e. The SMILES string of the molecule is C=C(CC)N1CCN(CC2=Cc3cc(C)ccc3C2)CC1. The van der Waals surface area contributed by atoms with E-state index in [4.69, 9.17) is 0 Å². The summed E-state index contributed by atoms with van der Waals surface area (Å²) >= 11 is 0. The van der Waals surface area contributed by atoms with E-state index in [-0.39, 0.29) is 0 Å². The number of allylic oxidation sites excluding steroid dienone is 1. The predicted molar refractivity (Wildman–Crippen MR) is 90.3 cm³/mol. The molecule has 1 fully saturated rings. The molecule has 0 unspecified atom stereocenters. The quantitative estimate of drug-likeness (QED) is 0.834. The van der Waals surface area contributed by atoms with Crippen LogP contribution in [0.15, 0.2) is 36.0 Å². The van der Waals surface area contributed by atoms with E-state index in [0.29, 0.717) is 0 Å². The molecule has 0 saturated carbocycles. The van der Waals surface area contributed by atoms with Crippen molar-refractivity contribution < 1.29 is 0 Å². The van der Waals surface area contributed by atoms with E-state index in [9.17, 15) is 0 Å². The summed E-state index contributed by atoms with van der Waals surface area (Å²) in [7, 11) is 0. The van der Waals surface area contributed by atoms with Crippen molar-refractivity contribution >= 4 is 6.08 Å². The second kappa shape index (κ2) is 6.07. The standard InChI is InChI=1S/C19H26N2/c1-4-16(3)21-9-7-20(8-10-21)14-17-12-18-6-5-15(2)11-19(18)13-17/h5-6,11,13H,3-4,7-10,12,14H2,1-2H3. The minimum absolute atomic E-state index is 1.07. The summed E-state index contributed by atoms with van der Waals surface area (Å²) in [5.41, 5.74) is 7.14. The van der Waals surface area contributed by atoms with E-state index >= 15 is 0 Å². The second-order valence-electron chi connectivity index (χ2n) is 6.36. The first kappa shape index (κ1) is 14.4. The van der Waals surface area contributed by atoms with E-state index in [1.807, 2.05) is 0 Å². The van der Waals surface area contributed by atoms with E-state index in [1.54, 1.807) is 5.57 Å². The summed E-state index contributed by atoms with van der Waals surface area (Å²) in [4.78, 5) is 5.03. The van der Waals surface area contributed by atoms with Crippen LogP contribution in [-0.4, -0.2) is 42.5 Å². The van der Waals surface area contributed by atoms with Gasteiger partial charge in [0, 0.05) is 38.4 Å². The highest BCUT2D eigenvalue weighted by atomic mass is 15.3. The van der Waals surface area contributed by atoms with Crippen molar-refractivity contribution in [2.24, 2.45) is 0 Å². The van der Waals surface area contributed by atoms with Crippen molar-refractivity contribution in [3.05, 3.63) is 52.7 Å². The van der Waals surface area contributed by atoms with Gasteiger partial charge in [0.1, 0.15) is 0 Å². The van der Waals surface area contributed by atoms with E-state index < -0.39 is 0 Å². The Morgan fingerprint density at radius 2 is 1.95 bits per heavy atom. The summed E-state index contributed by atoms with van der Waals surface area (Å²) in [6.07, 6.45) is 4.61. The van der Waals surface area contributed by atoms with Gasteiger partial charge in [-0.05, 0) is 30.9 Å². The highest BCUT2D eigenvalue weighted by molar-refractivity contribution is 5.64. The van der Waals surface area contributed by atoms with Crippen molar-refractivity contribution in [2.45, 2.75) is 26.7 Å². The lowest BCUT2D eigenvalue weighted by molar-refractivity contribution is 0.166. The molecule has 0 N–H and O–H groups in total. The maximum Gasteiger partial charge on any atom is 0.0303 e. The number of hydrogen-bond donors (Lipinski definition) is 0. The molecule has 1 aliphatic carbocycles. The first-order valence-electron chi connectivity index (χ1n) is 8.10. The molecule has 2 nitrogen and oxygen atoms in total. The Balaban J connectivity index is 1.55. The van der Waals surface area contributed by atoms with Crippen LogP contribution < -0.4 is 0 Å². The van der Waals surface area contributed by atoms with Gasteiger partial charge in [0.15, 0.2) is 0 Å². The fraction of sp³-hybridized carbons (Fsp3) is 0.474. The van der Waals surface area contributed by atoms with Crippen molar-refractivity contribution in [1.29, 1.82) is 0 Å². The molecule has 1 heterocycles. The topological polar surface area (TPSA) is 6.48 Å². The zero-order valence-electron chi connectivity index (χ0n) is 13.4. The van der Waals surface area contributed by atoms with Gasteiger partial charge in [-0.25, -0.2) is 0 Å². The lowest BCUT2D eigenvalue weighted by Gasteiger charge is -2.37. The summed E-state index contributed by atoms with van der Waals surface area (Å²) in [6, 6.07) is 6.83. The van der Waals surface area contributed by atoms with Crippen LogP contribution in [0.1, 0.15) is 30.0 Å². The van der Waals surface area contributed by atoms with Gasteiger partial charge in [-0.15, -0.1) is 0 Å². The predicted octanol–water partition coefficient (Wildman–Crippen LogP) is 3.48. The molecule has 1 saturated heterocycles. The Morgan fingerprint density at radius 1 is 1.19 bits per heavy atom. The number of rotatable bonds is 4. The minimum atomic E-state index is 1.07. The normalized spacial score (nSPS) is 18.6. The lowest BCUT2D eigenvalue weighted by Crippen LogP contribution is -2.46. The number of hydrogen-bond acceptors (Lipinski definition) is 2. The van der Waals surface area contributed by atoms with Crippen molar-refractivity contribution in [1.82, 2.24) is 9.80 Å². The third-order valence-corrected chi connectivity index (χ3v) is 4.73. The monoisotopic (exact) mass is 282 g/mol. The van der Waals surface area contributed by atoms with Gasteiger partial charge in [0.25, 0.3) is 0 Å². The van der Waals surface area contributed by atoms with Crippen LogP contribution >= 0.6 is 0 Å². The van der Waals surface area contributed by atoms with Gasteiger partial charge >= 0.3 is 0 Å². The number of nitrogens with zero attached hydrogens (tertiary/aromatic N) is 2. The highest BCUT2D eigenvalue weighted by Gasteiger charge is 2.20. The van der Waals surface area contributed by atoms with Crippen molar-refractivity contribution in [2.75, 3.05) is 32.7 Å². The summed E-state index contributed by atoms with van der Waals surface area (Å²) in [5, 5.41) is 0. The average molecular weight is 282 g/mol. The molecule has 0 spiro atoms. The van der Waals surface area contributed by atoms with Crippen LogP contribution in [0.5, 0.6) is 0 Å². The highest BCUT2D eigenvalue weighted by Crippen LogP contribution is 2.26. The molecule has 1 aliphatic heterocycles. The number of aryl methyl sites for hydroxylation is 1. The number of benzene rings is 1. The molecule has 0 amide bonds. The molecule has 2 aliphatic rings. The maximum atomic E-state index is 4.16. The molecule has 2 heteroatoms. The Bertz CT molecular complexity index is 563. The van der Waals surface area contributed by atoms with Crippen LogP contribution in [0.3, 0.4) is 0 Å². The first-order valence-corrected chi connectivity index (χ1v) is 8.10. The minimum Gasteiger partial charge on any atom is -0.373 e. The lowest BCUT2D eigenvalue weighted by atomic mass is 10.1. The molecule has 1 aromatic carbocycles. The smallest absolute Gasteiger partial charge is 0.0303 e. The summed E-state index contributed by atoms with van der Waals surface area (Å²) < 4.78 is 0. The first-order chi connectivity index (χ1) is 10.2. The third kappa shape index (κ3) is 3.21. The van der Waals surface area contributed by atoms with Crippen LogP contribution in [0, 0.1) is 6.92 Å². The molecule has 0 atom stereocenters. The van der Waals surface area contributed by atoms with Crippen LogP contribution in [-0.2, 0) is 6.42 Å². The molecule has 3 rings (SSSR count). The van der Waals surface area contributed by atoms with E-state index in [1.165, 1.54) is 22.4 Å². The summed E-state index contributed by atoms with van der Waals surface area (Å²) in [6.45, 7) is 14.2. The molecule has 112 valence electrons. The van der Waals surface area contributed by atoms with Crippen LogP contribution in [0.2, 0.25) is 0 Å². The average Bonchev–Trinajstić information content (AvgIpc) is 2.88. The molecule has 1 aromatic rings.